The summed E-state index contributed by atoms with van der Waals surface area (Å²) in [5, 5.41) is 9.29. The first-order chi connectivity index (χ1) is 13.2. The van der Waals surface area contributed by atoms with Crippen molar-refractivity contribution in [1.82, 2.24) is 15.1 Å². The molecule has 1 fully saturated rings. The number of anilines is 2. The molecule has 2 aromatic rings. The fraction of sp³-hybridized carbons (Fsp3) is 0.550. The zero-order chi connectivity index (χ0) is 18.8. The maximum absolute atomic E-state index is 5.45. The minimum absolute atomic E-state index is 0.0968. The zero-order valence-electron chi connectivity index (χ0n) is 16.4. The second-order valence-electron chi connectivity index (χ2n) is 7.28. The molecule has 1 N–H and O–H groups in total. The number of fused-ring (bicyclic) bond motifs is 1. The molecule has 27 heavy (non-hydrogen) atoms. The van der Waals surface area contributed by atoms with Crippen LogP contribution in [-0.4, -0.2) is 56.6 Å². The molecular formula is C20H29N5O2. The van der Waals surface area contributed by atoms with Gasteiger partial charge >= 0.3 is 0 Å². The number of methoxy groups -OCH3 is 2. The molecule has 0 spiro atoms. The maximum atomic E-state index is 5.45. The molecule has 0 bridgehead atoms. The molecule has 1 aromatic heterocycles. The number of nitrogens with one attached hydrogen (secondary N) is 1. The van der Waals surface area contributed by atoms with Gasteiger partial charge in [-0.3, -0.25) is 10.00 Å². The largest absolute Gasteiger partial charge is 0.371 e. The summed E-state index contributed by atoms with van der Waals surface area (Å²) in [5.41, 5.74) is 2.42. The lowest BCUT2D eigenvalue weighted by Crippen LogP contribution is -2.39. The van der Waals surface area contributed by atoms with Crippen molar-refractivity contribution in [3.8, 4) is 0 Å². The lowest BCUT2D eigenvalue weighted by atomic mass is 9.95. The van der Waals surface area contributed by atoms with E-state index in [1.807, 2.05) is 11.7 Å². The first-order valence-electron chi connectivity index (χ1n) is 9.62. The number of hydrogen-bond donors (Lipinski definition) is 1. The fourth-order valence-corrected chi connectivity index (χ4v) is 4.19. The average Bonchev–Trinajstić information content (AvgIpc) is 3.06. The second kappa shape index (κ2) is 7.88. The molecular weight excluding hydrogens is 342 g/mol. The van der Waals surface area contributed by atoms with E-state index in [4.69, 9.17) is 14.6 Å². The highest BCUT2D eigenvalue weighted by atomic mass is 16.7. The Hall–Kier alpha value is -2.09. The van der Waals surface area contributed by atoms with Crippen LogP contribution in [0.3, 0.4) is 0 Å². The van der Waals surface area contributed by atoms with Gasteiger partial charge in [0, 0.05) is 64.1 Å². The van der Waals surface area contributed by atoms with Crippen LogP contribution < -0.4 is 15.1 Å². The van der Waals surface area contributed by atoms with Crippen LogP contribution in [0.2, 0.25) is 0 Å². The van der Waals surface area contributed by atoms with Crippen molar-refractivity contribution < 1.29 is 9.47 Å². The van der Waals surface area contributed by atoms with Crippen LogP contribution in [0.15, 0.2) is 30.5 Å². The topological polar surface area (TPSA) is 54.8 Å². The Morgan fingerprint density at radius 3 is 2.63 bits per heavy atom. The van der Waals surface area contributed by atoms with Gasteiger partial charge in [0.15, 0.2) is 12.1 Å². The van der Waals surface area contributed by atoms with E-state index in [-0.39, 0.29) is 6.29 Å². The molecule has 0 unspecified atom stereocenters. The van der Waals surface area contributed by atoms with Gasteiger partial charge in [0.05, 0.1) is 12.2 Å². The van der Waals surface area contributed by atoms with Gasteiger partial charge < -0.3 is 19.3 Å². The molecule has 1 aromatic carbocycles. The minimum atomic E-state index is -0.0968. The molecule has 0 radical (unpaired) electrons. The number of nitrogens with zero attached hydrogens (tertiary/aromatic N) is 4. The van der Waals surface area contributed by atoms with Crippen LogP contribution in [0.4, 0.5) is 11.5 Å². The van der Waals surface area contributed by atoms with E-state index in [1.165, 1.54) is 11.1 Å². The van der Waals surface area contributed by atoms with Crippen LogP contribution in [0.1, 0.15) is 12.8 Å². The number of benzene rings is 1. The first kappa shape index (κ1) is 18.3. The van der Waals surface area contributed by atoms with Crippen LogP contribution in [0.5, 0.6) is 0 Å². The van der Waals surface area contributed by atoms with Gasteiger partial charge in [-0.25, -0.2) is 0 Å². The molecule has 1 saturated heterocycles. The quantitative estimate of drug-likeness (QED) is 0.814. The van der Waals surface area contributed by atoms with Gasteiger partial charge in [-0.1, -0.05) is 6.08 Å². The molecule has 3 heterocycles. The van der Waals surface area contributed by atoms with Gasteiger partial charge in [0.2, 0.25) is 0 Å². The van der Waals surface area contributed by atoms with E-state index < -0.39 is 0 Å². The summed E-state index contributed by atoms with van der Waals surface area (Å²) in [6, 6.07) is 6.69. The average molecular weight is 371 g/mol. The van der Waals surface area contributed by atoms with Crippen LogP contribution in [0.25, 0.3) is 10.9 Å². The van der Waals surface area contributed by atoms with Crippen molar-refractivity contribution in [3.05, 3.63) is 30.5 Å². The highest BCUT2D eigenvalue weighted by Crippen LogP contribution is 2.32. The summed E-state index contributed by atoms with van der Waals surface area (Å²) in [6.07, 6.45) is 6.28. The highest BCUT2D eigenvalue weighted by Gasteiger charge is 2.27. The summed E-state index contributed by atoms with van der Waals surface area (Å²) in [5.74, 6) is 1.46. The molecule has 7 nitrogen and oxygen atoms in total. The molecule has 0 amide bonds. The molecule has 2 aliphatic rings. The summed E-state index contributed by atoms with van der Waals surface area (Å²) < 4.78 is 12.9. The molecule has 0 aliphatic carbocycles. The van der Waals surface area contributed by atoms with Crippen LogP contribution in [0, 0.1) is 5.92 Å². The Balaban J connectivity index is 1.53. The lowest BCUT2D eigenvalue weighted by molar-refractivity contribution is -0.141. The smallest absolute Gasteiger partial charge is 0.163 e. The van der Waals surface area contributed by atoms with E-state index in [0.29, 0.717) is 5.92 Å². The van der Waals surface area contributed by atoms with Crippen molar-refractivity contribution in [2.75, 3.05) is 50.3 Å². The number of piperidine rings is 1. The van der Waals surface area contributed by atoms with Crippen molar-refractivity contribution in [1.29, 1.82) is 0 Å². The third-order valence-electron chi connectivity index (χ3n) is 5.67. The minimum Gasteiger partial charge on any atom is -0.371 e. The number of aryl methyl sites for hydroxylation is 1. The Labute approximate surface area is 160 Å². The summed E-state index contributed by atoms with van der Waals surface area (Å²) >= 11 is 0. The monoisotopic (exact) mass is 371 g/mol. The standard InChI is InChI=1S/C20H29N5O2/c1-23-18-13-16(24-11-7-15(8-12-24)20(26-2)27-3)5-6-17(18)19(22-23)25-10-4-9-21-14-25/h4-6,10,13,15,20-21H,7-9,11-12,14H2,1-3H3. The van der Waals surface area contributed by atoms with E-state index in [9.17, 15) is 0 Å². The molecule has 0 saturated carbocycles. The third-order valence-corrected chi connectivity index (χ3v) is 5.67. The Bertz CT molecular complexity index is 806. The lowest BCUT2D eigenvalue weighted by Gasteiger charge is -2.36. The zero-order valence-corrected chi connectivity index (χ0v) is 16.4. The predicted octanol–water partition coefficient (Wildman–Crippen LogP) is 2.29. The van der Waals surface area contributed by atoms with Crippen molar-refractivity contribution in [2.24, 2.45) is 13.0 Å². The Morgan fingerprint density at radius 2 is 1.96 bits per heavy atom. The van der Waals surface area contributed by atoms with Gasteiger partial charge in [-0.15, -0.1) is 0 Å². The predicted molar refractivity (Wildman–Crippen MR) is 108 cm³/mol. The number of ether oxygens (including phenoxy) is 2. The third kappa shape index (κ3) is 3.54. The van der Waals surface area contributed by atoms with E-state index in [0.717, 1.165) is 50.5 Å². The van der Waals surface area contributed by atoms with Crippen molar-refractivity contribution in [3.63, 3.8) is 0 Å². The van der Waals surface area contributed by atoms with Gasteiger partial charge in [-0.05, 0) is 31.0 Å². The highest BCUT2D eigenvalue weighted by molar-refractivity contribution is 5.93. The number of hydrogen-bond acceptors (Lipinski definition) is 6. The van der Waals surface area contributed by atoms with Gasteiger partial charge in [0.1, 0.15) is 0 Å². The van der Waals surface area contributed by atoms with Gasteiger partial charge in [-0.2, -0.15) is 5.10 Å². The molecule has 0 atom stereocenters. The Kier molecular flexibility index (Phi) is 5.33. The Morgan fingerprint density at radius 1 is 1.19 bits per heavy atom. The maximum Gasteiger partial charge on any atom is 0.163 e. The molecule has 2 aliphatic heterocycles. The number of rotatable bonds is 5. The molecule has 146 valence electrons. The molecule has 4 rings (SSSR count). The van der Waals surface area contributed by atoms with Crippen LogP contribution >= 0.6 is 0 Å². The van der Waals surface area contributed by atoms with Crippen molar-refractivity contribution in [2.45, 2.75) is 19.1 Å². The van der Waals surface area contributed by atoms with E-state index in [2.05, 4.69) is 45.6 Å². The van der Waals surface area contributed by atoms with E-state index in [1.54, 1.807) is 14.2 Å². The first-order valence-corrected chi connectivity index (χ1v) is 9.62. The van der Waals surface area contributed by atoms with Crippen LogP contribution in [-0.2, 0) is 16.5 Å². The summed E-state index contributed by atoms with van der Waals surface area (Å²) in [7, 11) is 5.47. The van der Waals surface area contributed by atoms with E-state index >= 15 is 0 Å². The van der Waals surface area contributed by atoms with Crippen molar-refractivity contribution >= 4 is 22.4 Å². The second-order valence-corrected chi connectivity index (χ2v) is 7.28. The van der Waals surface area contributed by atoms with Gasteiger partial charge in [0.25, 0.3) is 0 Å². The summed E-state index contributed by atoms with van der Waals surface area (Å²) in [4.78, 5) is 4.61. The fourth-order valence-electron chi connectivity index (χ4n) is 4.19. The SMILES string of the molecule is COC(OC)C1CCN(c2ccc3c(N4C=CCNC4)nn(C)c3c2)CC1. The molecule has 7 heteroatoms. The summed E-state index contributed by atoms with van der Waals surface area (Å²) in [6.45, 7) is 3.73. The normalized spacial score (nSPS) is 18.8. The number of aromatic nitrogens is 2.